The largest absolute Gasteiger partial charge is 0.394 e. The van der Waals surface area contributed by atoms with Crippen molar-refractivity contribution in [3.05, 3.63) is 23.8 Å². The molecule has 10 aliphatic rings. The third-order valence-electron chi connectivity index (χ3n) is 27.5. The number of carbonyl (C=O) groups is 7. The van der Waals surface area contributed by atoms with Gasteiger partial charge >= 0.3 is 0 Å². The normalized spacial score (nSPS) is 35.8. The zero-order chi connectivity index (χ0) is 90.0. The molecule has 6 amide bonds. The summed E-state index contributed by atoms with van der Waals surface area (Å²) in [5, 5.41) is 138. The fourth-order valence-corrected chi connectivity index (χ4v) is 19.7. The van der Waals surface area contributed by atoms with E-state index in [0.29, 0.717) is 104 Å². The standard InChI is InChI=1S/C86H140N12O28/c1-7-52-38-54(40-59(75(52)125-85-72(109)70(107)66(103)47(4)117-85)122-84-65(90-49(6)101)77(69(106)64(45-100)124-84)120-62(82(115)96-30-17-31-96)37-51-22-13-10-14-23-51)58(102)24-15-25-87-79(112)56-42-97(93-91-56)32-18-34-116-35-19-33-98-43-57(92-94-98)80(113)89-27-26-88-78(111)55-39-53(8-2)76(126-86-73(110)71(108)67(104)48(5)118-86)60(41-55)121-83-46(3)74(68(105)63(44-99)123-83)119-61(81(114)95-28-16-29-95)36-50-20-11-9-12-21-50/h42-43,46-48,50-55,59-77,83-86,99-100,103-110H,7-41,44-45H2,1-6H3,(H,87,112)(H,88,111)(H,89,113)(H,90,101)/t46-,47+,48+,52+,53+,54-,55-,59-,60-,61+,62+,63-,64-,65-,66-,67-,68+,69+,70-,71-,72+,73+,74-,75-,76-,77-,83-,84-,85+,86+/m1/s1. The summed E-state index contributed by atoms with van der Waals surface area (Å²) in [6.07, 6.45) is -11.5. The molecule has 14 N–H and O–H groups in total. The summed E-state index contributed by atoms with van der Waals surface area (Å²) in [5.74, 6) is -4.88. The summed E-state index contributed by atoms with van der Waals surface area (Å²) in [6.45, 7) is 12.6. The van der Waals surface area contributed by atoms with Crippen LogP contribution >= 0.6 is 0 Å². The van der Waals surface area contributed by atoms with Gasteiger partial charge in [-0.3, -0.25) is 42.9 Å². The highest BCUT2D eigenvalue weighted by Gasteiger charge is 2.56. The number of rotatable bonds is 42. The minimum atomic E-state index is -1.69. The molecular weight excluding hydrogens is 1650 g/mol. The fourth-order valence-electron chi connectivity index (χ4n) is 19.7. The number of ether oxygens (including phenoxy) is 11. The Kier molecular flexibility index (Phi) is 37.2. The van der Waals surface area contributed by atoms with Crippen LogP contribution in [0.15, 0.2) is 12.4 Å². The van der Waals surface area contributed by atoms with Crippen LogP contribution in [-0.2, 0) is 89.2 Å². The zero-order valence-corrected chi connectivity index (χ0v) is 73.7. The van der Waals surface area contributed by atoms with Crippen molar-refractivity contribution >= 4 is 41.2 Å². The predicted octanol–water partition coefficient (Wildman–Crippen LogP) is -0.430. The number of hydrogen-bond donors (Lipinski definition) is 14. The molecule has 0 aromatic carbocycles. The molecule has 0 radical (unpaired) electrons. The quantitative estimate of drug-likeness (QED) is 0.0375. The van der Waals surface area contributed by atoms with Crippen LogP contribution in [0.1, 0.15) is 217 Å². The number of nitrogens with one attached hydrogen (secondary N) is 4. The van der Waals surface area contributed by atoms with Crippen LogP contribution < -0.4 is 21.3 Å². The van der Waals surface area contributed by atoms with Gasteiger partial charge in [-0.1, -0.05) is 108 Å². The van der Waals surface area contributed by atoms with E-state index < -0.39 is 214 Å². The second kappa shape index (κ2) is 47.3. The van der Waals surface area contributed by atoms with E-state index in [2.05, 4.69) is 41.9 Å². The smallest absolute Gasteiger partial charge is 0.273 e. The van der Waals surface area contributed by atoms with E-state index >= 15 is 0 Å². The highest BCUT2D eigenvalue weighted by molar-refractivity contribution is 5.92. The van der Waals surface area contributed by atoms with E-state index in [4.69, 9.17) is 52.1 Å². The van der Waals surface area contributed by atoms with Crippen LogP contribution in [0.4, 0.5) is 0 Å². The maximum absolute atomic E-state index is 14.4. The van der Waals surface area contributed by atoms with Gasteiger partial charge in [0, 0.05) is 103 Å². The highest BCUT2D eigenvalue weighted by Crippen LogP contribution is 2.44. The summed E-state index contributed by atoms with van der Waals surface area (Å²) >= 11 is 0. The van der Waals surface area contributed by atoms with Crippen LogP contribution in [0.3, 0.4) is 0 Å². The molecule has 712 valence electrons. The van der Waals surface area contributed by atoms with Crippen molar-refractivity contribution in [2.75, 3.05) is 72.2 Å². The molecule has 10 fully saturated rings. The number of nitrogens with zero attached hydrogens (tertiary/aromatic N) is 8. The first-order valence-electron chi connectivity index (χ1n) is 46.4. The van der Waals surface area contributed by atoms with Gasteiger partial charge in [-0.05, 0) is 108 Å². The van der Waals surface area contributed by atoms with Crippen LogP contribution in [0.5, 0.6) is 0 Å². The lowest BCUT2D eigenvalue weighted by Gasteiger charge is -2.49. The van der Waals surface area contributed by atoms with Crippen molar-refractivity contribution in [1.29, 1.82) is 0 Å². The Morgan fingerprint density at radius 2 is 0.944 bits per heavy atom. The Balaban J connectivity index is 0.577. The first-order valence-corrected chi connectivity index (χ1v) is 46.4. The average molecular weight is 1790 g/mol. The molecule has 4 aliphatic carbocycles. The van der Waals surface area contributed by atoms with Gasteiger partial charge in [0.25, 0.3) is 23.6 Å². The van der Waals surface area contributed by atoms with Crippen molar-refractivity contribution in [3.63, 3.8) is 0 Å². The van der Waals surface area contributed by atoms with Gasteiger partial charge in [0.15, 0.2) is 36.5 Å². The number of aliphatic hydroxyl groups excluding tert-OH is 10. The van der Waals surface area contributed by atoms with Gasteiger partial charge in [-0.25, -0.2) is 0 Å². The molecule has 6 saturated heterocycles. The number of aryl methyl sites for hydroxylation is 2. The van der Waals surface area contributed by atoms with E-state index in [1.54, 1.807) is 23.6 Å². The van der Waals surface area contributed by atoms with Crippen molar-refractivity contribution < 1.29 is 137 Å². The Morgan fingerprint density at radius 3 is 1.42 bits per heavy atom. The number of carbonyl (C=O) groups excluding carboxylic acids is 7. The van der Waals surface area contributed by atoms with Crippen molar-refractivity contribution in [1.82, 2.24) is 61.1 Å². The lowest BCUT2D eigenvalue weighted by Crippen LogP contribution is -2.67. The molecule has 2 aromatic heterocycles. The number of Topliss-reactive ketones (excluding diaryl/α,β-unsaturated/α-hetero) is 1. The second-order valence-corrected chi connectivity index (χ2v) is 36.5. The average Bonchev–Trinajstić information content (AvgIpc) is 1.27. The van der Waals surface area contributed by atoms with Crippen LogP contribution in [0, 0.1) is 41.4 Å². The molecule has 126 heavy (non-hydrogen) atoms. The molecule has 12 rings (SSSR count). The maximum atomic E-state index is 14.4. The minimum Gasteiger partial charge on any atom is -0.394 e. The Labute approximate surface area is 735 Å². The number of hydrogen-bond acceptors (Lipinski definition) is 32. The Bertz CT molecular complexity index is 3760. The number of likely N-dealkylation sites (tertiary alicyclic amines) is 2. The molecule has 0 bridgehead atoms. The molecule has 0 unspecified atom stereocenters. The monoisotopic (exact) mass is 1790 g/mol. The number of aliphatic hydroxyl groups is 10. The van der Waals surface area contributed by atoms with Gasteiger partial charge in [-0.15, -0.1) is 10.2 Å². The third kappa shape index (κ3) is 25.4. The first-order chi connectivity index (χ1) is 60.6. The van der Waals surface area contributed by atoms with Crippen molar-refractivity contribution in [3.8, 4) is 0 Å². The molecule has 40 heteroatoms. The summed E-state index contributed by atoms with van der Waals surface area (Å²) in [7, 11) is 0. The molecule has 6 aliphatic heterocycles. The van der Waals surface area contributed by atoms with E-state index in [-0.39, 0.29) is 92.0 Å². The van der Waals surface area contributed by atoms with Gasteiger partial charge in [-0.2, -0.15) is 0 Å². The van der Waals surface area contributed by atoms with Gasteiger partial charge in [0.1, 0.15) is 91.2 Å². The van der Waals surface area contributed by atoms with Crippen LogP contribution in [0.25, 0.3) is 0 Å². The third-order valence-corrected chi connectivity index (χ3v) is 27.5. The predicted molar refractivity (Wildman–Crippen MR) is 442 cm³/mol. The number of aromatic nitrogens is 6. The molecule has 40 nitrogen and oxygen atoms in total. The minimum absolute atomic E-state index is 0.0144. The van der Waals surface area contributed by atoms with Crippen LogP contribution in [-0.4, -0.2) is 358 Å². The first kappa shape index (κ1) is 99.0. The number of ketones is 1. The highest BCUT2D eigenvalue weighted by atomic mass is 16.7. The molecular formula is C86H140N12O28. The van der Waals surface area contributed by atoms with Gasteiger partial charge in [0.05, 0.1) is 68.3 Å². The number of amides is 6. The van der Waals surface area contributed by atoms with Crippen molar-refractivity contribution in [2.24, 2.45) is 41.4 Å². The van der Waals surface area contributed by atoms with Crippen molar-refractivity contribution in [2.45, 2.75) is 362 Å². The Hall–Kier alpha value is -6.07. The molecule has 0 spiro atoms. The van der Waals surface area contributed by atoms with Crippen LogP contribution in [0.2, 0.25) is 0 Å². The van der Waals surface area contributed by atoms with E-state index in [1.807, 2.05) is 13.8 Å². The summed E-state index contributed by atoms with van der Waals surface area (Å²) in [5.41, 5.74) is 0.114. The molecule has 8 heterocycles. The topological polar surface area (TPSA) is 539 Å². The van der Waals surface area contributed by atoms with E-state index in [0.717, 1.165) is 77.0 Å². The lowest BCUT2D eigenvalue weighted by molar-refractivity contribution is -0.343. The summed E-state index contributed by atoms with van der Waals surface area (Å²) < 4.78 is 73.6. The molecule has 30 atom stereocenters. The maximum Gasteiger partial charge on any atom is 0.273 e. The lowest BCUT2D eigenvalue weighted by atomic mass is 9.74. The van der Waals surface area contributed by atoms with Gasteiger partial charge < -0.3 is 134 Å². The van der Waals surface area contributed by atoms with E-state index in [1.165, 1.54) is 35.6 Å². The summed E-state index contributed by atoms with van der Waals surface area (Å²) in [6, 6.07) is -1.26. The van der Waals surface area contributed by atoms with E-state index in [9.17, 15) is 84.6 Å². The van der Waals surface area contributed by atoms with Gasteiger partial charge in [0.2, 0.25) is 11.8 Å². The second-order valence-electron chi connectivity index (χ2n) is 36.5. The zero-order valence-electron chi connectivity index (χ0n) is 73.7. The Morgan fingerprint density at radius 1 is 0.492 bits per heavy atom. The summed E-state index contributed by atoms with van der Waals surface area (Å²) in [4.78, 5) is 100. The fraction of sp³-hybridized carbons (Fsp3) is 0.872. The molecule has 4 saturated carbocycles. The SMILES string of the molecule is CC[C@H]1C[C@@H](C(=O)NCCNC(=O)c2cn(CCCOCCCn3cc(C(=O)NCCCC(=O)[C@@H]4C[C@H](CC)[C@@H](O[C@@H]5O[C@@H](C)[C@@H](O)[C@@H](O)[C@@H]5O)[C@H](O[C@@H]5O[C@H](CO)[C@H](O)[C@H](O[C@@H](CC6CCCCC6)C(=O)N6CCC6)[C@H]5NC(C)=O)C4)nn3)nn2)C[C@@H](O[C@@H]2O[C@H](CO)[C@H](O)[C@H](O[C@@H](CC3CCCCC3)C(=O)N3CCC3)[C@H]2C)[C@@H]1O[C@@H]1O[C@@H](C)[C@@H](O)[C@@H](O)[C@@H]1O. The molecule has 2 aromatic rings.